The van der Waals surface area contributed by atoms with Crippen LogP contribution < -0.4 is 9.62 Å². The molecule has 0 aromatic heterocycles. The van der Waals surface area contributed by atoms with Crippen LogP contribution in [-0.2, 0) is 14.8 Å². The van der Waals surface area contributed by atoms with E-state index in [1.165, 1.54) is 10.4 Å². The molecule has 1 aliphatic heterocycles. The monoisotopic (exact) mass is 368 g/mol. The van der Waals surface area contributed by atoms with Crippen LogP contribution in [0.5, 0.6) is 0 Å². The van der Waals surface area contributed by atoms with Crippen molar-refractivity contribution in [2.45, 2.75) is 45.1 Å². The van der Waals surface area contributed by atoms with Gasteiger partial charge in [-0.2, -0.15) is 0 Å². The van der Waals surface area contributed by atoms with Crippen LogP contribution in [0, 0.1) is 0 Å². The van der Waals surface area contributed by atoms with Crippen molar-refractivity contribution in [2.75, 3.05) is 16.6 Å². The number of amides is 1. The van der Waals surface area contributed by atoms with Gasteiger partial charge in [0.2, 0.25) is 10.0 Å². The summed E-state index contributed by atoms with van der Waals surface area (Å²) in [6.45, 7) is 4.07. The molecular formula is C17H24N2O5S. The van der Waals surface area contributed by atoms with E-state index in [1.807, 2.05) is 13.8 Å². The predicted molar refractivity (Wildman–Crippen MR) is 95.2 cm³/mol. The third-order valence-corrected chi connectivity index (χ3v) is 6.59. The van der Waals surface area contributed by atoms with Gasteiger partial charge in [-0.1, -0.05) is 19.9 Å². The van der Waals surface area contributed by atoms with Crippen molar-refractivity contribution in [3.8, 4) is 0 Å². The first-order valence-electron chi connectivity index (χ1n) is 8.38. The molecule has 0 radical (unpaired) electrons. The molecule has 7 nitrogen and oxygen atoms in total. The highest BCUT2D eigenvalue weighted by Crippen LogP contribution is 2.26. The van der Waals surface area contributed by atoms with Crippen molar-refractivity contribution in [2.24, 2.45) is 0 Å². The number of aliphatic carboxylic acids is 1. The smallest absolute Gasteiger partial charge is 0.305 e. The fourth-order valence-corrected chi connectivity index (χ4v) is 4.61. The van der Waals surface area contributed by atoms with E-state index in [1.54, 1.807) is 18.2 Å². The zero-order valence-electron chi connectivity index (χ0n) is 14.5. The SMILES string of the molecule is CCC(CC)(CC(=O)O)NC(=O)c1cccc(N2CCCS2(=O)=O)c1. The van der Waals surface area contributed by atoms with Crippen molar-refractivity contribution < 1.29 is 23.1 Å². The van der Waals surface area contributed by atoms with E-state index in [0.29, 0.717) is 37.1 Å². The van der Waals surface area contributed by atoms with Crippen molar-refractivity contribution >= 4 is 27.6 Å². The van der Waals surface area contributed by atoms with Crippen LogP contribution in [-0.4, -0.2) is 43.2 Å². The number of benzene rings is 1. The molecule has 1 fully saturated rings. The lowest BCUT2D eigenvalue weighted by Crippen LogP contribution is -2.49. The zero-order valence-corrected chi connectivity index (χ0v) is 15.3. The number of hydrogen-bond acceptors (Lipinski definition) is 4. The number of rotatable bonds is 7. The zero-order chi connectivity index (χ0) is 18.7. The van der Waals surface area contributed by atoms with Gasteiger partial charge in [-0.25, -0.2) is 8.42 Å². The summed E-state index contributed by atoms with van der Waals surface area (Å²) in [6.07, 6.45) is 1.38. The molecule has 8 heteroatoms. The lowest BCUT2D eigenvalue weighted by Gasteiger charge is -2.31. The molecular weight excluding hydrogens is 344 g/mol. The minimum absolute atomic E-state index is 0.108. The predicted octanol–water partition coefficient (Wildman–Crippen LogP) is 1.99. The van der Waals surface area contributed by atoms with Crippen LogP contribution in [0.15, 0.2) is 24.3 Å². The summed E-state index contributed by atoms with van der Waals surface area (Å²) in [5.41, 5.74) is -0.0446. The van der Waals surface area contributed by atoms with Gasteiger partial charge in [-0.15, -0.1) is 0 Å². The molecule has 1 amide bonds. The number of hydrogen-bond donors (Lipinski definition) is 2. The molecule has 0 atom stereocenters. The molecule has 0 bridgehead atoms. The Bertz CT molecular complexity index is 756. The van der Waals surface area contributed by atoms with Crippen LogP contribution >= 0.6 is 0 Å². The van der Waals surface area contributed by atoms with Crippen LogP contribution in [0.3, 0.4) is 0 Å². The largest absolute Gasteiger partial charge is 0.481 e. The van der Waals surface area contributed by atoms with Gasteiger partial charge in [0.1, 0.15) is 0 Å². The standard InChI is InChI=1S/C17H24N2O5S/c1-3-17(4-2,12-15(20)21)18-16(22)13-7-5-8-14(11-13)19-9-6-10-25(19,23)24/h5,7-8,11H,3-4,6,9-10,12H2,1-2H3,(H,18,22)(H,20,21). The minimum Gasteiger partial charge on any atom is -0.481 e. The summed E-state index contributed by atoms with van der Waals surface area (Å²) in [5, 5.41) is 11.9. The van der Waals surface area contributed by atoms with Crippen molar-refractivity contribution in [3.05, 3.63) is 29.8 Å². The summed E-state index contributed by atoms with van der Waals surface area (Å²) in [6, 6.07) is 6.42. The van der Waals surface area contributed by atoms with E-state index in [4.69, 9.17) is 5.11 Å². The number of nitrogens with zero attached hydrogens (tertiary/aromatic N) is 1. The highest BCUT2D eigenvalue weighted by Gasteiger charge is 2.32. The second-order valence-corrected chi connectivity index (χ2v) is 8.32. The topological polar surface area (TPSA) is 104 Å². The van der Waals surface area contributed by atoms with Gasteiger partial charge in [0, 0.05) is 12.1 Å². The second-order valence-electron chi connectivity index (χ2n) is 6.30. The average Bonchev–Trinajstić information content (AvgIpc) is 2.93. The van der Waals surface area contributed by atoms with E-state index < -0.39 is 27.4 Å². The fourth-order valence-electron chi connectivity index (χ4n) is 3.06. The summed E-state index contributed by atoms with van der Waals surface area (Å²) < 4.78 is 25.4. The molecule has 0 unspecified atom stereocenters. The first-order valence-corrected chi connectivity index (χ1v) is 9.99. The number of carbonyl (C=O) groups is 2. The van der Waals surface area contributed by atoms with E-state index in [0.717, 1.165) is 0 Å². The minimum atomic E-state index is -3.32. The Balaban J connectivity index is 2.25. The Kier molecular flexibility index (Phi) is 5.72. The quantitative estimate of drug-likeness (QED) is 0.766. The first kappa shape index (κ1) is 19.2. The van der Waals surface area contributed by atoms with Crippen LogP contribution in [0.2, 0.25) is 0 Å². The Hall–Kier alpha value is -2.09. The molecule has 2 N–H and O–H groups in total. The molecule has 0 aliphatic carbocycles. The number of carbonyl (C=O) groups excluding carboxylic acids is 1. The summed E-state index contributed by atoms with van der Waals surface area (Å²) in [5.74, 6) is -1.26. The highest BCUT2D eigenvalue weighted by molar-refractivity contribution is 7.93. The van der Waals surface area contributed by atoms with Gasteiger partial charge in [-0.3, -0.25) is 13.9 Å². The fraction of sp³-hybridized carbons (Fsp3) is 0.529. The number of anilines is 1. The number of carboxylic acid groups (broad SMARTS) is 1. The van der Waals surface area contributed by atoms with Gasteiger partial charge in [-0.05, 0) is 37.5 Å². The Morgan fingerprint density at radius 1 is 1.28 bits per heavy atom. The van der Waals surface area contributed by atoms with Crippen LogP contribution in [0.4, 0.5) is 5.69 Å². The molecule has 1 heterocycles. The lowest BCUT2D eigenvalue weighted by molar-refractivity contribution is -0.138. The Labute approximate surface area is 148 Å². The van der Waals surface area contributed by atoms with E-state index in [-0.39, 0.29) is 12.2 Å². The van der Waals surface area contributed by atoms with Crippen molar-refractivity contribution in [1.29, 1.82) is 0 Å². The summed E-state index contributed by atoms with van der Waals surface area (Å²) >= 11 is 0. The molecule has 1 saturated heterocycles. The van der Waals surface area contributed by atoms with Crippen molar-refractivity contribution in [1.82, 2.24) is 5.32 Å². The number of carboxylic acids is 1. The van der Waals surface area contributed by atoms with Crippen LogP contribution in [0.25, 0.3) is 0 Å². The maximum Gasteiger partial charge on any atom is 0.305 e. The average molecular weight is 368 g/mol. The molecule has 1 aromatic rings. The molecule has 2 rings (SSSR count). The van der Waals surface area contributed by atoms with Gasteiger partial charge in [0.05, 0.1) is 23.4 Å². The number of nitrogens with one attached hydrogen (secondary N) is 1. The van der Waals surface area contributed by atoms with Gasteiger partial charge in [0.15, 0.2) is 0 Å². The first-order chi connectivity index (χ1) is 11.7. The Morgan fingerprint density at radius 3 is 2.48 bits per heavy atom. The van der Waals surface area contributed by atoms with E-state index in [9.17, 15) is 18.0 Å². The van der Waals surface area contributed by atoms with Crippen molar-refractivity contribution in [3.63, 3.8) is 0 Å². The maximum atomic E-state index is 12.6. The van der Waals surface area contributed by atoms with Gasteiger partial charge < -0.3 is 10.4 Å². The summed E-state index contributed by atoms with van der Waals surface area (Å²) in [4.78, 5) is 23.7. The van der Waals surface area contributed by atoms with Gasteiger partial charge in [0.25, 0.3) is 5.91 Å². The molecule has 0 spiro atoms. The second kappa shape index (κ2) is 7.43. The van der Waals surface area contributed by atoms with E-state index in [2.05, 4.69) is 5.32 Å². The molecule has 25 heavy (non-hydrogen) atoms. The highest BCUT2D eigenvalue weighted by atomic mass is 32.2. The van der Waals surface area contributed by atoms with Crippen LogP contribution in [0.1, 0.15) is 49.9 Å². The third-order valence-electron chi connectivity index (χ3n) is 4.72. The Morgan fingerprint density at radius 2 is 1.96 bits per heavy atom. The maximum absolute atomic E-state index is 12.6. The third kappa shape index (κ3) is 4.31. The summed E-state index contributed by atoms with van der Waals surface area (Å²) in [7, 11) is -3.32. The lowest BCUT2D eigenvalue weighted by atomic mass is 9.88. The molecule has 1 aliphatic rings. The van der Waals surface area contributed by atoms with E-state index >= 15 is 0 Å². The number of sulfonamides is 1. The van der Waals surface area contributed by atoms with Gasteiger partial charge >= 0.3 is 5.97 Å². The molecule has 0 saturated carbocycles. The molecule has 138 valence electrons. The molecule has 1 aromatic carbocycles. The normalized spacial score (nSPS) is 16.6.